The molecule has 8 heteroatoms. The zero-order valence-corrected chi connectivity index (χ0v) is 15.9. The predicted octanol–water partition coefficient (Wildman–Crippen LogP) is 1.18. The normalized spacial score (nSPS) is 15.6. The van der Waals surface area contributed by atoms with Gasteiger partial charge in [0.2, 0.25) is 0 Å². The van der Waals surface area contributed by atoms with E-state index < -0.39 is 6.10 Å². The second kappa shape index (κ2) is 7.13. The Hall–Kier alpha value is -2.71. The standard InChI is InChI=1S/C19H25N7O/c1-23(2)18-5-4-14(11-20-18)12-25-8-9-26-15(13-25)10-16(22-26)19(27)17-6-7-21-24(17)3/h4-7,10-11,19,27H,8-9,12-13H2,1-3H3/t19-/m1/s1. The van der Waals surface area contributed by atoms with Crippen molar-refractivity contribution >= 4 is 5.82 Å². The van der Waals surface area contributed by atoms with Gasteiger partial charge in [-0.25, -0.2) is 4.98 Å². The summed E-state index contributed by atoms with van der Waals surface area (Å²) in [5.74, 6) is 0.962. The van der Waals surface area contributed by atoms with Gasteiger partial charge in [-0.2, -0.15) is 10.2 Å². The van der Waals surface area contributed by atoms with E-state index in [-0.39, 0.29) is 0 Å². The summed E-state index contributed by atoms with van der Waals surface area (Å²) in [6, 6.07) is 7.99. The first-order valence-corrected chi connectivity index (χ1v) is 9.08. The topological polar surface area (TPSA) is 75.2 Å². The maximum Gasteiger partial charge on any atom is 0.139 e. The molecule has 0 aliphatic carbocycles. The molecule has 0 amide bonds. The molecule has 0 saturated carbocycles. The molecular weight excluding hydrogens is 342 g/mol. The van der Waals surface area contributed by atoms with E-state index >= 15 is 0 Å². The average Bonchev–Trinajstić information content (AvgIpc) is 3.27. The van der Waals surface area contributed by atoms with E-state index in [0.717, 1.165) is 43.4 Å². The first kappa shape index (κ1) is 17.7. The summed E-state index contributed by atoms with van der Waals surface area (Å²) in [5, 5.41) is 19.3. The van der Waals surface area contributed by atoms with Gasteiger partial charge in [-0.1, -0.05) is 6.07 Å². The number of rotatable bonds is 5. The van der Waals surface area contributed by atoms with E-state index in [1.165, 1.54) is 5.56 Å². The summed E-state index contributed by atoms with van der Waals surface area (Å²) >= 11 is 0. The van der Waals surface area contributed by atoms with Crippen LogP contribution in [-0.4, -0.2) is 55.2 Å². The molecule has 1 N–H and O–H groups in total. The third kappa shape index (κ3) is 3.58. The van der Waals surface area contributed by atoms with Crippen LogP contribution in [0.5, 0.6) is 0 Å². The van der Waals surface area contributed by atoms with Crippen LogP contribution in [0.25, 0.3) is 0 Å². The molecule has 4 heterocycles. The van der Waals surface area contributed by atoms with E-state index in [1.807, 2.05) is 55.1 Å². The van der Waals surface area contributed by atoms with Crippen molar-refractivity contribution in [2.24, 2.45) is 7.05 Å². The van der Waals surface area contributed by atoms with Gasteiger partial charge in [0, 0.05) is 53.2 Å². The van der Waals surface area contributed by atoms with Crippen molar-refractivity contribution in [2.75, 3.05) is 25.5 Å². The van der Waals surface area contributed by atoms with Gasteiger partial charge in [-0.15, -0.1) is 0 Å². The fourth-order valence-corrected chi connectivity index (χ4v) is 3.45. The zero-order valence-electron chi connectivity index (χ0n) is 15.9. The van der Waals surface area contributed by atoms with E-state index in [0.29, 0.717) is 5.69 Å². The van der Waals surface area contributed by atoms with Crippen LogP contribution >= 0.6 is 0 Å². The molecule has 0 bridgehead atoms. The number of pyridine rings is 1. The number of nitrogens with zero attached hydrogens (tertiary/aromatic N) is 7. The van der Waals surface area contributed by atoms with E-state index in [4.69, 9.17) is 0 Å². The first-order chi connectivity index (χ1) is 13.0. The minimum atomic E-state index is -0.758. The Bertz CT molecular complexity index is 913. The van der Waals surface area contributed by atoms with Gasteiger partial charge in [0.1, 0.15) is 11.9 Å². The average molecular weight is 367 g/mol. The lowest BCUT2D eigenvalue weighted by molar-refractivity contribution is 0.196. The maximum atomic E-state index is 10.6. The van der Waals surface area contributed by atoms with Crippen LogP contribution in [0.15, 0.2) is 36.7 Å². The Labute approximate surface area is 158 Å². The molecule has 0 spiro atoms. The van der Waals surface area contributed by atoms with Gasteiger partial charge in [0.15, 0.2) is 0 Å². The molecule has 1 aliphatic rings. The number of hydrogen-bond acceptors (Lipinski definition) is 6. The lowest BCUT2D eigenvalue weighted by atomic mass is 10.1. The Morgan fingerprint density at radius 2 is 2.07 bits per heavy atom. The molecule has 3 aromatic rings. The lowest BCUT2D eigenvalue weighted by Crippen LogP contribution is -2.33. The Kier molecular flexibility index (Phi) is 4.67. The number of aryl methyl sites for hydroxylation is 1. The van der Waals surface area contributed by atoms with Crippen LogP contribution in [0.1, 0.15) is 28.7 Å². The molecule has 0 saturated heterocycles. The monoisotopic (exact) mass is 367 g/mol. The summed E-state index contributed by atoms with van der Waals surface area (Å²) in [6.07, 6.45) is 2.87. The third-order valence-electron chi connectivity index (χ3n) is 4.99. The zero-order chi connectivity index (χ0) is 19.0. The van der Waals surface area contributed by atoms with Gasteiger partial charge in [-0.3, -0.25) is 14.3 Å². The molecular formula is C19H25N7O. The summed E-state index contributed by atoms with van der Waals surface area (Å²) in [5.41, 5.74) is 3.74. The highest BCUT2D eigenvalue weighted by Crippen LogP contribution is 2.24. The minimum Gasteiger partial charge on any atom is -0.380 e. The van der Waals surface area contributed by atoms with Crippen LogP contribution in [0, 0.1) is 0 Å². The number of aliphatic hydroxyl groups excluding tert-OH is 1. The predicted molar refractivity (Wildman–Crippen MR) is 102 cm³/mol. The highest BCUT2D eigenvalue weighted by Gasteiger charge is 2.23. The van der Waals surface area contributed by atoms with Crippen molar-refractivity contribution in [2.45, 2.75) is 25.7 Å². The molecule has 1 aliphatic heterocycles. The summed E-state index contributed by atoms with van der Waals surface area (Å²) in [6.45, 7) is 3.40. The highest BCUT2D eigenvalue weighted by atomic mass is 16.3. The van der Waals surface area contributed by atoms with Gasteiger partial charge in [-0.05, 0) is 23.8 Å². The number of fused-ring (bicyclic) bond motifs is 1. The molecule has 8 nitrogen and oxygen atoms in total. The first-order valence-electron chi connectivity index (χ1n) is 9.08. The van der Waals surface area contributed by atoms with Crippen molar-refractivity contribution in [3.8, 4) is 0 Å². The molecule has 0 radical (unpaired) electrons. The SMILES string of the molecule is CN(C)c1ccc(CN2CCn3nc([C@@H](O)c4ccnn4C)cc3C2)cn1. The second-order valence-electron chi connectivity index (χ2n) is 7.20. The Morgan fingerprint density at radius 3 is 2.74 bits per heavy atom. The highest BCUT2D eigenvalue weighted by molar-refractivity contribution is 5.37. The Balaban J connectivity index is 1.45. The molecule has 0 fully saturated rings. The number of anilines is 1. The molecule has 0 aromatic carbocycles. The lowest BCUT2D eigenvalue weighted by Gasteiger charge is -2.27. The van der Waals surface area contributed by atoms with Crippen molar-refractivity contribution in [1.82, 2.24) is 29.4 Å². The fourth-order valence-electron chi connectivity index (χ4n) is 3.45. The quantitative estimate of drug-likeness (QED) is 0.730. The number of hydrogen-bond donors (Lipinski definition) is 1. The van der Waals surface area contributed by atoms with Crippen LogP contribution in [-0.2, 0) is 26.7 Å². The van der Waals surface area contributed by atoms with Gasteiger partial charge >= 0.3 is 0 Å². The Morgan fingerprint density at radius 1 is 1.22 bits per heavy atom. The van der Waals surface area contributed by atoms with Crippen molar-refractivity contribution in [3.63, 3.8) is 0 Å². The molecule has 0 unspecified atom stereocenters. The van der Waals surface area contributed by atoms with Crippen molar-refractivity contribution in [1.29, 1.82) is 0 Å². The minimum absolute atomic E-state index is 0.674. The van der Waals surface area contributed by atoms with Gasteiger partial charge < -0.3 is 10.0 Å². The smallest absolute Gasteiger partial charge is 0.139 e. The third-order valence-corrected chi connectivity index (χ3v) is 4.99. The van der Waals surface area contributed by atoms with Gasteiger partial charge in [0.25, 0.3) is 0 Å². The van der Waals surface area contributed by atoms with Crippen LogP contribution in [0.4, 0.5) is 5.82 Å². The fraction of sp³-hybridized carbons (Fsp3) is 0.421. The van der Waals surface area contributed by atoms with E-state index in [9.17, 15) is 5.11 Å². The largest absolute Gasteiger partial charge is 0.380 e. The molecule has 3 aromatic heterocycles. The van der Waals surface area contributed by atoms with Crippen LogP contribution in [0.2, 0.25) is 0 Å². The van der Waals surface area contributed by atoms with Crippen molar-refractivity contribution < 1.29 is 5.11 Å². The summed E-state index contributed by atoms with van der Waals surface area (Å²) < 4.78 is 3.68. The van der Waals surface area contributed by atoms with Crippen LogP contribution in [0.3, 0.4) is 0 Å². The van der Waals surface area contributed by atoms with E-state index in [2.05, 4.69) is 26.1 Å². The number of aromatic nitrogens is 5. The number of aliphatic hydroxyl groups is 1. The van der Waals surface area contributed by atoms with Crippen molar-refractivity contribution in [3.05, 3.63) is 59.3 Å². The van der Waals surface area contributed by atoms with Crippen LogP contribution < -0.4 is 4.90 Å². The van der Waals surface area contributed by atoms with E-state index in [1.54, 1.807) is 10.9 Å². The molecule has 4 rings (SSSR count). The molecule has 1 atom stereocenters. The molecule has 142 valence electrons. The summed E-state index contributed by atoms with van der Waals surface area (Å²) in [4.78, 5) is 8.87. The molecule has 27 heavy (non-hydrogen) atoms. The van der Waals surface area contributed by atoms with Gasteiger partial charge in [0.05, 0.1) is 23.6 Å². The maximum absolute atomic E-state index is 10.6. The second-order valence-corrected chi connectivity index (χ2v) is 7.20. The summed E-state index contributed by atoms with van der Waals surface area (Å²) in [7, 11) is 5.81.